The molecule has 0 saturated heterocycles. The molecule has 4 atom stereocenters. The molecule has 3 aromatic carbocycles. The third kappa shape index (κ3) is 147. The molecule has 0 aromatic heterocycles. The number of rotatable bonds is 37. The summed E-state index contributed by atoms with van der Waals surface area (Å²) in [6.07, 6.45) is 45.8. The highest BCUT2D eigenvalue weighted by Crippen LogP contribution is 2.25. The topological polar surface area (TPSA) is 133 Å². The number of nitrogens with zero attached hydrogens (tertiary/aromatic N) is 1. The van der Waals surface area contributed by atoms with Crippen molar-refractivity contribution in [3.05, 3.63) is 163 Å². The van der Waals surface area contributed by atoms with Gasteiger partial charge in [0.15, 0.2) is 5.78 Å². The Labute approximate surface area is 747 Å². The summed E-state index contributed by atoms with van der Waals surface area (Å²) in [4.78, 5) is 34.7. The zero-order valence-electron chi connectivity index (χ0n) is 81.6. The highest BCUT2D eigenvalue weighted by molar-refractivity contribution is 9.12. The number of hydrogen-bond acceptors (Lipinski definition) is 9. The van der Waals surface area contributed by atoms with E-state index in [1.165, 1.54) is 151 Å². The number of hydrogen-bond donors (Lipinski definition) is 2. The van der Waals surface area contributed by atoms with Gasteiger partial charge in [0.2, 0.25) is 5.91 Å². The number of aryl methyl sites for hydroxylation is 3. The Bertz CT molecular complexity index is 2310. The summed E-state index contributed by atoms with van der Waals surface area (Å²) in [6.45, 7) is 73.7. The smallest absolute Gasteiger partial charge is 0.251 e. The van der Waals surface area contributed by atoms with Crippen LogP contribution in [0, 0.1) is 38.0 Å². The quantitative estimate of drug-likeness (QED) is 0.0251. The first-order valence-corrected chi connectivity index (χ1v) is 47.7. The largest absolute Gasteiger partial charge is 0.491 e. The molecule has 5 rings (SSSR count). The molecule has 2 aliphatic rings. The minimum absolute atomic E-state index is 0. The van der Waals surface area contributed by atoms with Gasteiger partial charge < -0.3 is 39.0 Å². The van der Waals surface area contributed by atoms with E-state index in [0.717, 1.165) is 119 Å². The molecule has 1 aliphatic carbocycles. The summed E-state index contributed by atoms with van der Waals surface area (Å²) in [7, 11) is 1.68. The molecule has 13 heteroatoms. The van der Waals surface area contributed by atoms with Crippen LogP contribution in [-0.4, -0.2) is 117 Å². The van der Waals surface area contributed by atoms with E-state index in [-0.39, 0.29) is 31.6 Å². The third-order valence-electron chi connectivity index (χ3n) is 15.4. The number of allylic oxidation sites excluding steroid dienone is 5. The van der Waals surface area contributed by atoms with E-state index < -0.39 is 6.10 Å². The van der Waals surface area contributed by atoms with E-state index in [4.69, 9.17) is 23.7 Å². The molecule has 1 aliphatic heterocycles. The Morgan fingerprint density at radius 2 is 1.01 bits per heavy atom. The molecule has 2 N–H and O–H groups in total. The van der Waals surface area contributed by atoms with Crippen molar-refractivity contribution in [3.63, 3.8) is 0 Å². The molecule has 117 heavy (non-hydrogen) atoms. The van der Waals surface area contributed by atoms with Gasteiger partial charge in [0.25, 0.3) is 5.91 Å². The second-order valence-corrected chi connectivity index (χ2v) is 31.8. The lowest BCUT2D eigenvalue weighted by Crippen LogP contribution is -2.24. The molecule has 692 valence electrons. The molecule has 4 unspecified atom stereocenters. The van der Waals surface area contributed by atoms with Gasteiger partial charge in [-0.25, -0.2) is 0 Å². The molecule has 0 radical (unpaired) electrons. The first kappa shape index (κ1) is 139. The van der Waals surface area contributed by atoms with Gasteiger partial charge >= 0.3 is 0 Å². The molecule has 11 nitrogen and oxygen atoms in total. The number of aliphatic hydroxyl groups excluding tert-OH is 1. The van der Waals surface area contributed by atoms with Crippen molar-refractivity contribution in [1.29, 1.82) is 0 Å². The van der Waals surface area contributed by atoms with Gasteiger partial charge in [-0.1, -0.05) is 422 Å². The van der Waals surface area contributed by atoms with Crippen molar-refractivity contribution in [2.75, 3.05) is 78.4 Å². The monoisotopic (exact) mass is 1780 g/mol. The van der Waals surface area contributed by atoms with Crippen molar-refractivity contribution in [3.8, 4) is 5.75 Å². The predicted octanol–water partition coefficient (Wildman–Crippen LogP) is 32.2. The number of ether oxygens (including phenoxy) is 5. The SMILES string of the molecule is C.C=C1C=CC(=O)N1CCCC.C=CC.CC.CC(Br)CBr.CCC(C)CC(C)(C)C.CCCC.CCCC1CC=CCC1.CCCCC.CCCCC.CCCCC.CCCCNC(=O)/C=C\C(C)=O.CCCCOCC(O)COc1ccc(C)cc1.CCCOCCC.CCCOCCOC.Cc1ccccc1.Cc1ccccc1. The minimum Gasteiger partial charge on any atom is -0.491 e. The fourth-order valence-electron chi connectivity index (χ4n) is 8.67. The number of halogens is 2. The van der Waals surface area contributed by atoms with Gasteiger partial charge in [0, 0.05) is 74.6 Å². The van der Waals surface area contributed by atoms with Gasteiger partial charge in [-0.15, -0.1) is 6.58 Å². The molecular weight excluding hydrogens is 1580 g/mol. The van der Waals surface area contributed by atoms with Crippen molar-refractivity contribution >= 4 is 49.5 Å². The number of nitrogens with one attached hydrogen (secondary N) is 1. The maximum atomic E-state index is 11.1. The summed E-state index contributed by atoms with van der Waals surface area (Å²) in [5.41, 5.74) is 5.18. The molecular formula is C104H198Br2N2O9. The number of benzene rings is 3. The molecule has 0 spiro atoms. The van der Waals surface area contributed by atoms with Crippen LogP contribution in [0.15, 0.2) is 146 Å². The van der Waals surface area contributed by atoms with E-state index in [0.29, 0.717) is 36.6 Å². The molecule has 0 bridgehead atoms. The number of amides is 2. The second kappa shape index (κ2) is 122. The first-order chi connectivity index (χ1) is 55.5. The van der Waals surface area contributed by atoms with E-state index in [2.05, 4.69) is 246 Å². The highest BCUT2D eigenvalue weighted by Gasteiger charge is 2.17. The Morgan fingerprint density at radius 1 is 0.581 bits per heavy atom. The van der Waals surface area contributed by atoms with Gasteiger partial charge in [-0.05, 0) is 140 Å². The van der Waals surface area contributed by atoms with Crippen molar-refractivity contribution in [1.82, 2.24) is 10.2 Å². The molecule has 0 saturated carbocycles. The maximum Gasteiger partial charge on any atom is 0.251 e. The van der Waals surface area contributed by atoms with E-state index in [1.54, 1.807) is 30.2 Å². The lowest BCUT2D eigenvalue weighted by molar-refractivity contribution is -0.123. The number of alkyl halides is 2. The standard InChI is InChI=1S/C14H22O3.C9H15NO2.C9H13NO.C9H16.C9H20.2C7H8.C6H14O2.C6H14O.3C5H12.C4H10.C3H6Br2.C3H6.C2H6.CH4/c1-3-4-9-16-10-13(15)11-17-14-7-5-12(2)6-8-14;1-3-4-7-10-9(12)6-5-8(2)11;1-3-4-7-10-8(2)5-6-9(10)11;1-2-6-9-7-4-3-5-8-9;1-6-8(2)7-9(3,4)5;2*1-7-5-3-2-4-6-7;1-3-4-8-6-5-7-2;1-3-5-7-6-4-2;3*1-3-5-4-2;1-3-4-2;1-3(5)2-4;1-3-2;1-2;/h5-8,13,15H,3-4,9-11H2,1-2H3;5-6H,3-4,7H2,1-2H3,(H,10,12);5-6H,2-4,7H2,1H3;3-4,9H,2,5-8H2,1H3;8H,6-7H2,1-5H3;2*2-6H,1H3;3-6H2,1-2H3;3-6H2,1-2H3;3*3-5H2,1-2H3;3-4H2,1-2H3;3H,2H2,1H3;3H,1H2,2H3;1-2H3;1H4/b;6-5-;;;;;;;;;;;;;;;. The van der Waals surface area contributed by atoms with E-state index >= 15 is 0 Å². The normalized spacial score (nSPS) is 12.1. The van der Waals surface area contributed by atoms with Crippen LogP contribution in [0.3, 0.4) is 0 Å². The Hall–Kier alpha value is -4.47. The average Bonchev–Trinajstić information content (AvgIpc) is 1.75. The van der Waals surface area contributed by atoms with Crippen molar-refractivity contribution < 1.29 is 43.2 Å². The molecule has 2 amide bonds. The lowest BCUT2D eigenvalue weighted by Gasteiger charge is -2.21. The third-order valence-corrected chi connectivity index (χ3v) is 17.6. The van der Waals surface area contributed by atoms with Crippen LogP contribution in [-0.2, 0) is 33.3 Å². The Balaban J connectivity index is -0.000000103. The number of carbonyl (C=O) groups is 3. The van der Waals surface area contributed by atoms with Crippen molar-refractivity contribution in [2.45, 2.75) is 386 Å². The number of methoxy groups -OCH3 is 1. The molecule has 0 fully saturated rings. The molecule has 1 heterocycles. The zero-order valence-corrected chi connectivity index (χ0v) is 84.8. The summed E-state index contributed by atoms with van der Waals surface area (Å²) in [6, 6.07) is 28.3. The van der Waals surface area contributed by atoms with Gasteiger partial charge in [0.05, 0.1) is 19.8 Å². The van der Waals surface area contributed by atoms with Crippen LogP contribution >= 0.6 is 31.9 Å². The summed E-state index contributed by atoms with van der Waals surface area (Å²) in [5, 5.41) is 13.3. The second-order valence-electron chi connectivity index (χ2n) is 29.6. The van der Waals surface area contributed by atoms with E-state index in [9.17, 15) is 19.5 Å². The van der Waals surface area contributed by atoms with Gasteiger partial charge in [-0.3, -0.25) is 14.4 Å². The van der Waals surface area contributed by atoms with Crippen LogP contribution in [0.5, 0.6) is 5.75 Å². The summed E-state index contributed by atoms with van der Waals surface area (Å²) < 4.78 is 25.8. The van der Waals surface area contributed by atoms with Crippen LogP contribution in [0.4, 0.5) is 0 Å². The number of aliphatic hydroxyl groups is 1. The number of ketones is 1. The predicted molar refractivity (Wildman–Crippen MR) is 535 cm³/mol. The summed E-state index contributed by atoms with van der Waals surface area (Å²) >= 11 is 6.59. The number of carbonyl (C=O) groups excluding carboxylic acids is 3. The minimum atomic E-state index is -0.562. The van der Waals surface area contributed by atoms with E-state index in [1.807, 2.05) is 88.4 Å². The van der Waals surface area contributed by atoms with Crippen LogP contribution in [0.2, 0.25) is 0 Å². The van der Waals surface area contributed by atoms with Crippen molar-refractivity contribution in [2.24, 2.45) is 17.3 Å². The zero-order chi connectivity index (χ0) is 91.0. The lowest BCUT2D eigenvalue weighted by atomic mass is 9.84. The summed E-state index contributed by atoms with van der Waals surface area (Å²) in [5.74, 6) is 2.45. The molecule has 3 aromatic rings. The average molecular weight is 1780 g/mol. The Morgan fingerprint density at radius 3 is 1.31 bits per heavy atom. The Kier molecular flexibility index (Phi) is 145. The fourth-order valence-corrected chi connectivity index (χ4v) is 8.67. The van der Waals surface area contributed by atoms with Gasteiger partial charge in [-0.2, -0.15) is 0 Å². The van der Waals surface area contributed by atoms with Crippen LogP contribution in [0.1, 0.15) is 371 Å². The first-order valence-electron chi connectivity index (χ1n) is 45.7. The van der Waals surface area contributed by atoms with Gasteiger partial charge in [0.1, 0.15) is 18.5 Å². The number of unbranched alkanes of at least 4 members (excludes halogenated alkanes) is 10. The highest BCUT2D eigenvalue weighted by atomic mass is 79.9. The maximum absolute atomic E-state index is 11.1. The fraction of sp³-hybridized carbons (Fsp3) is 0.702. The van der Waals surface area contributed by atoms with Crippen LogP contribution in [0.25, 0.3) is 0 Å². The van der Waals surface area contributed by atoms with Crippen LogP contribution < -0.4 is 10.1 Å².